The predicted octanol–water partition coefficient (Wildman–Crippen LogP) is 3.92. The minimum atomic E-state index is -0.0184. The topological polar surface area (TPSA) is 94.2 Å². The molecule has 8 heteroatoms. The molecule has 0 radical (unpaired) electrons. The second-order valence-corrected chi connectivity index (χ2v) is 8.05. The molecule has 166 valence electrons. The number of rotatable bonds is 5. The third-order valence-electron chi connectivity index (χ3n) is 5.80. The van der Waals surface area contributed by atoms with Crippen molar-refractivity contribution < 1.29 is 14.1 Å². The first kappa shape index (κ1) is 20.8. The Kier molecular flexibility index (Phi) is 5.56. The number of ether oxygens (including phenoxy) is 1. The van der Waals surface area contributed by atoms with Gasteiger partial charge in [-0.3, -0.25) is 14.8 Å². The zero-order chi connectivity index (χ0) is 22.8. The van der Waals surface area contributed by atoms with Crippen LogP contribution >= 0.6 is 0 Å². The van der Waals surface area contributed by atoms with Crippen LogP contribution in [0.3, 0.4) is 0 Å². The third kappa shape index (κ3) is 4.32. The van der Waals surface area contributed by atoms with Crippen molar-refractivity contribution >= 4 is 5.91 Å². The van der Waals surface area contributed by atoms with E-state index >= 15 is 0 Å². The van der Waals surface area contributed by atoms with Crippen LogP contribution in [0.4, 0.5) is 0 Å². The Labute approximate surface area is 191 Å². The van der Waals surface area contributed by atoms with Crippen molar-refractivity contribution in [2.24, 2.45) is 0 Å². The SMILES string of the molecule is Cc1ccc(-c2noc(C)c2COc2cc3c(cn2)CN(C(=O)c2cccnc2)CC3)cn1. The van der Waals surface area contributed by atoms with Crippen LogP contribution in [0.2, 0.25) is 0 Å². The van der Waals surface area contributed by atoms with Gasteiger partial charge in [-0.1, -0.05) is 5.16 Å². The summed E-state index contributed by atoms with van der Waals surface area (Å²) in [5, 5.41) is 4.19. The van der Waals surface area contributed by atoms with Crippen molar-refractivity contribution in [2.75, 3.05) is 6.54 Å². The van der Waals surface area contributed by atoms with Gasteiger partial charge in [-0.05, 0) is 55.7 Å². The minimum absolute atomic E-state index is 0.0184. The number of amides is 1. The molecule has 0 aromatic carbocycles. The predicted molar refractivity (Wildman–Crippen MR) is 120 cm³/mol. The fourth-order valence-electron chi connectivity index (χ4n) is 3.88. The van der Waals surface area contributed by atoms with E-state index in [0.29, 0.717) is 30.3 Å². The Morgan fingerprint density at radius 3 is 2.82 bits per heavy atom. The van der Waals surface area contributed by atoms with E-state index in [0.717, 1.165) is 40.1 Å². The molecule has 0 N–H and O–H groups in total. The van der Waals surface area contributed by atoms with E-state index in [1.807, 2.05) is 36.9 Å². The first-order valence-electron chi connectivity index (χ1n) is 10.8. The molecule has 0 aliphatic carbocycles. The first-order chi connectivity index (χ1) is 16.1. The van der Waals surface area contributed by atoms with Crippen LogP contribution in [0.25, 0.3) is 11.3 Å². The monoisotopic (exact) mass is 441 g/mol. The molecule has 0 bridgehead atoms. The van der Waals surface area contributed by atoms with E-state index in [-0.39, 0.29) is 12.5 Å². The highest BCUT2D eigenvalue weighted by atomic mass is 16.5. The fourth-order valence-corrected chi connectivity index (χ4v) is 3.88. The summed E-state index contributed by atoms with van der Waals surface area (Å²) in [5.41, 5.74) is 6.18. The summed E-state index contributed by atoms with van der Waals surface area (Å²) in [7, 11) is 0. The number of hydrogen-bond acceptors (Lipinski definition) is 7. The van der Waals surface area contributed by atoms with Crippen molar-refractivity contribution in [3.8, 4) is 17.1 Å². The van der Waals surface area contributed by atoms with E-state index in [1.54, 1.807) is 36.9 Å². The molecule has 1 amide bonds. The molecule has 5 rings (SSSR count). The van der Waals surface area contributed by atoms with Crippen molar-refractivity contribution in [1.82, 2.24) is 25.0 Å². The van der Waals surface area contributed by atoms with Gasteiger partial charge in [0, 0.05) is 55.2 Å². The number of hydrogen-bond donors (Lipinski definition) is 0. The number of pyridine rings is 3. The van der Waals surface area contributed by atoms with Gasteiger partial charge < -0.3 is 14.2 Å². The molecule has 1 aliphatic rings. The van der Waals surface area contributed by atoms with E-state index in [2.05, 4.69) is 20.1 Å². The van der Waals surface area contributed by atoms with Crippen LogP contribution in [0.1, 0.15) is 38.5 Å². The minimum Gasteiger partial charge on any atom is -0.473 e. The lowest BCUT2D eigenvalue weighted by molar-refractivity contribution is 0.0734. The lowest BCUT2D eigenvalue weighted by atomic mass is 10.0. The number of fused-ring (bicyclic) bond motifs is 1. The smallest absolute Gasteiger partial charge is 0.255 e. The number of aryl methyl sites for hydroxylation is 2. The van der Waals surface area contributed by atoms with Gasteiger partial charge in [0.25, 0.3) is 5.91 Å². The molecule has 0 saturated carbocycles. The summed E-state index contributed by atoms with van der Waals surface area (Å²) in [4.78, 5) is 27.4. The number of aromatic nitrogens is 4. The number of carbonyl (C=O) groups is 1. The Morgan fingerprint density at radius 2 is 2.03 bits per heavy atom. The Morgan fingerprint density at radius 1 is 1.12 bits per heavy atom. The highest BCUT2D eigenvalue weighted by molar-refractivity contribution is 5.94. The average molecular weight is 441 g/mol. The Balaban J connectivity index is 1.28. The standard InChI is InChI=1S/C25H23N5O3/c1-16-5-6-19(12-27-16)24-22(17(2)33-29-24)15-32-23-10-18-7-9-30(14-21(18)13-28-23)25(31)20-4-3-8-26-11-20/h3-6,8,10-13H,7,9,14-15H2,1-2H3. The van der Waals surface area contributed by atoms with Crippen molar-refractivity contribution in [3.05, 3.63) is 88.8 Å². The lowest BCUT2D eigenvalue weighted by Gasteiger charge is -2.28. The zero-order valence-corrected chi connectivity index (χ0v) is 18.5. The van der Waals surface area contributed by atoms with Gasteiger partial charge in [0.15, 0.2) is 0 Å². The molecular formula is C25H23N5O3. The Bertz CT molecular complexity index is 1290. The van der Waals surface area contributed by atoms with Crippen LogP contribution < -0.4 is 4.74 Å². The maximum atomic E-state index is 12.7. The molecule has 1 aliphatic heterocycles. The van der Waals surface area contributed by atoms with Gasteiger partial charge in [0.1, 0.15) is 18.1 Å². The number of nitrogens with zero attached hydrogens (tertiary/aromatic N) is 5. The first-order valence-corrected chi connectivity index (χ1v) is 10.8. The van der Waals surface area contributed by atoms with Crippen LogP contribution in [0.5, 0.6) is 5.88 Å². The van der Waals surface area contributed by atoms with Gasteiger partial charge in [0.05, 0.1) is 11.1 Å². The van der Waals surface area contributed by atoms with Crippen LogP contribution in [-0.4, -0.2) is 37.5 Å². The highest BCUT2D eigenvalue weighted by Gasteiger charge is 2.23. The molecule has 4 aromatic rings. The van der Waals surface area contributed by atoms with E-state index in [1.165, 1.54) is 0 Å². The molecule has 0 fully saturated rings. The van der Waals surface area contributed by atoms with Gasteiger partial charge in [0.2, 0.25) is 5.88 Å². The molecule has 33 heavy (non-hydrogen) atoms. The van der Waals surface area contributed by atoms with E-state index in [4.69, 9.17) is 9.26 Å². The summed E-state index contributed by atoms with van der Waals surface area (Å²) in [6.07, 6.45) is 7.58. The van der Waals surface area contributed by atoms with Crippen LogP contribution in [0.15, 0.2) is 59.6 Å². The summed E-state index contributed by atoms with van der Waals surface area (Å²) in [6.45, 7) is 5.25. The van der Waals surface area contributed by atoms with Crippen LogP contribution in [0, 0.1) is 13.8 Å². The third-order valence-corrected chi connectivity index (χ3v) is 5.80. The summed E-state index contributed by atoms with van der Waals surface area (Å²) >= 11 is 0. The second-order valence-electron chi connectivity index (χ2n) is 8.05. The fraction of sp³-hybridized carbons (Fsp3) is 0.240. The molecule has 4 aromatic heterocycles. The normalized spacial score (nSPS) is 13.0. The summed E-state index contributed by atoms with van der Waals surface area (Å²) in [6, 6.07) is 9.43. The zero-order valence-electron chi connectivity index (χ0n) is 18.5. The molecule has 5 heterocycles. The van der Waals surface area contributed by atoms with Gasteiger partial charge in [-0.2, -0.15) is 0 Å². The largest absolute Gasteiger partial charge is 0.473 e. The quantitative estimate of drug-likeness (QED) is 0.463. The van der Waals surface area contributed by atoms with E-state index in [9.17, 15) is 4.79 Å². The van der Waals surface area contributed by atoms with Crippen molar-refractivity contribution in [3.63, 3.8) is 0 Å². The lowest BCUT2D eigenvalue weighted by Crippen LogP contribution is -2.36. The molecule has 8 nitrogen and oxygen atoms in total. The summed E-state index contributed by atoms with van der Waals surface area (Å²) < 4.78 is 11.4. The average Bonchev–Trinajstić information content (AvgIpc) is 3.23. The molecule has 0 unspecified atom stereocenters. The maximum Gasteiger partial charge on any atom is 0.255 e. The molecular weight excluding hydrogens is 418 g/mol. The molecule has 0 spiro atoms. The van der Waals surface area contributed by atoms with Gasteiger partial charge in [-0.15, -0.1) is 0 Å². The van der Waals surface area contributed by atoms with Crippen LogP contribution in [-0.2, 0) is 19.6 Å². The van der Waals surface area contributed by atoms with Gasteiger partial charge >= 0.3 is 0 Å². The molecule has 0 saturated heterocycles. The maximum absolute atomic E-state index is 12.7. The molecule has 0 atom stereocenters. The van der Waals surface area contributed by atoms with E-state index < -0.39 is 0 Å². The summed E-state index contributed by atoms with van der Waals surface area (Å²) in [5.74, 6) is 1.22. The van der Waals surface area contributed by atoms with Crippen molar-refractivity contribution in [2.45, 2.75) is 33.4 Å². The number of carbonyl (C=O) groups excluding carboxylic acids is 1. The highest BCUT2D eigenvalue weighted by Crippen LogP contribution is 2.27. The van der Waals surface area contributed by atoms with Gasteiger partial charge in [-0.25, -0.2) is 4.98 Å². The Hall–Kier alpha value is -4.07. The van der Waals surface area contributed by atoms with Crippen molar-refractivity contribution in [1.29, 1.82) is 0 Å². The second kappa shape index (κ2) is 8.82.